The van der Waals surface area contributed by atoms with Crippen molar-refractivity contribution in [2.24, 2.45) is 5.73 Å². The number of guanidine groups is 1. The molecule has 31 heavy (non-hydrogen) atoms. The van der Waals surface area contributed by atoms with E-state index >= 15 is 0 Å². The van der Waals surface area contributed by atoms with Gasteiger partial charge in [-0.05, 0) is 50.0 Å². The van der Waals surface area contributed by atoms with E-state index in [1.54, 1.807) is 12.1 Å². The Labute approximate surface area is 176 Å². The van der Waals surface area contributed by atoms with Crippen molar-refractivity contribution in [2.75, 3.05) is 21.1 Å². The van der Waals surface area contributed by atoms with Gasteiger partial charge in [0.05, 0.1) is 11.1 Å². The van der Waals surface area contributed by atoms with Crippen LogP contribution in [-0.2, 0) is 12.7 Å². The van der Waals surface area contributed by atoms with E-state index in [4.69, 9.17) is 15.9 Å². The minimum absolute atomic E-state index is 0.0208. The molecule has 7 nitrogen and oxygen atoms in total. The van der Waals surface area contributed by atoms with Gasteiger partial charge in [-0.1, -0.05) is 12.1 Å². The van der Waals surface area contributed by atoms with Gasteiger partial charge in [0, 0.05) is 19.0 Å². The standard InChI is InChI=1S/C21H22F3N5O2/c1-28(2)11-12-4-6-13(7-5-12)31-17-9-8-15(21(22,23)24)14-10-16(27-18(14)17)19(30)29(3)20(25)26/h4-10,27H,11H2,1-3H3,(H3,25,26). The van der Waals surface area contributed by atoms with Crippen LogP contribution in [0.15, 0.2) is 42.5 Å². The van der Waals surface area contributed by atoms with Crippen molar-refractivity contribution < 1.29 is 22.7 Å². The minimum atomic E-state index is -4.63. The topological polar surface area (TPSA) is 98.4 Å². The van der Waals surface area contributed by atoms with E-state index in [9.17, 15) is 18.0 Å². The molecule has 0 saturated heterocycles. The Bertz CT molecular complexity index is 1120. The molecule has 0 radical (unpaired) electrons. The number of nitrogens with one attached hydrogen (secondary N) is 2. The summed E-state index contributed by atoms with van der Waals surface area (Å²) in [5.41, 5.74) is 5.33. The lowest BCUT2D eigenvalue weighted by molar-refractivity contribution is -0.136. The summed E-state index contributed by atoms with van der Waals surface area (Å²) in [5.74, 6) is -0.704. The van der Waals surface area contributed by atoms with Gasteiger partial charge in [0.25, 0.3) is 5.91 Å². The molecule has 10 heteroatoms. The smallest absolute Gasteiger partial charge is 0.417 e. The number of aromatic nitrogens is 1. The van der Waals surface area contributed by atoms with E-state index in [0.29, 0.717) is 5.75 Å². The molecular formula is C21H22F3N5O2. The molecule has 0 spiro atoms. The van der Waals surface area contributed by atoms with Crippen molar-refractivity contribution in [3.05, 3.63) is 59.3 Å². The molecule has 1 amide bonds. The van der Waals surface area contributed by atoms with Crippen LogP contribution >= 0.6 is 0 Å². The molecule has 3 rings (SSSR count). The van der Waals surface area contributed by atoms with E-state index in [0.717, 1.165) is 29.1 Å². The van der Waals surface area contributed by atoms with E-state index in [1.165, 1.54) is 13.1 Å². The predicted molar refractivity (Wildman–Crippen MR) is 111 cm³/mol. The van der Waals surface area contributed by atoms with Gasteiger partial charge >= 0.3 is 6.18 Å². The molecule has 0 aliphatic heterocycles. The number of amides is 1. The van der Waals surface area contributed by atoms with E-state index < -0.39 is 23.6 Å². The molecule has 0 bridgehead atoms. The number of halogens is 3. The largest absolute Gasteiger partial charge is 0.455 e. The number of alkyl halides is 3. The highest BCUT2D eigenvalue weighted by Gasteiger charge is 2.34. The molecule has 0 atom stereocenters. The zero-order valence-electron chi connectivity index (χ0n) is 17.2. The number of carbonyl (C=O) groups is 1. The van der Waals surface area contributed by atoms with Crippen LogP contribution in [-0.4, -0.2) is 47.8 Å². The molecule has 3 aromatic rings. The van der Waals surface area contributed by atoms with E-state index in [-0.39, 0.29) is 22.3 Å². The maximum atomic E-state index is 13.5. The van der Waals surface area contributed by atoms with Crippen LogP contribution in [0.2, 0.25) is 0 Å². The Morgan fingerprint density at radius 2 is 1.77 bits per heavy atom. The molecule has 2 aromatic carbocycles. The second kappa shape index (κ2) is 8.31. The predicted octanol–water partition coefficient (Wildman–Crippen LogP) is 4.01. The highest BCUT2D eigenvalue weighted by molar-refractivity contribution is 6.06. The third-order valence-electron chi connectivity index (χ3n) is 4.61. The maximum absolute atomic E-state index is 13.5. The Morgan fingerprint density at radius 3 is 2.32 bits per heavy atom. The lowest BCUT2D eigenvalue weighted by Gasteiger charge is -2.13. The summed E-state index contributed by atoms with van der Waals surface area (Å²) in [6, 6.07) is 10.4. The van der Waals surface area contributed by atoms with Crippen molar-refractivity contribution in [2.45, 2.75) is 12.7 Å². The fourth-order valence-corrected chi connectivity index (χ4v) is 3.09. The van der Waals surface area contributed by atoms with Gasteiger partial charge in [0.15, 0.2) is 11.7 Å². The molecule has 4 N–H and O–H groups in total. The third-order valence-corrected chi connectivity index (χ3v) is 4.61. The molecular weight excluding hydrogens is 411 g/mol. The lowest BCUT2D eigenvalue weighted by atomic mass is 10.1. The normalized spacial score (nSPS) is 11.7. The molecule has 164 valence electrons. The average molecular weight is 433 g/mol. The number of ether oxygens (including phenoxy) is 1. The van der Waals surface area contributed by atoms with Gasteiger partial charge in [-0.2, -0.15) is 13.2 Å². The molecule has 1 aromatic heterocycles. The Kier molecular flexibility index (Phi) is 5.94. The molecule has 0 unspecified atom stereocenters. The number of fused-ring (bicyclic) bond motifs is 1. The first kappa shape index (κ1) is 22.2. The first-order valence-corrected chi connectivity index (χ1v) is 9.24. The van der Waals surface area contributed by atoms with Crippen LogP contribution in [0, 0.1) is 5.41 Å². The second-order valence-corrected chi connectivity index (χ2v) is 7.31. The van der Waals surface area contributed by atoms with E-state index in [2.05, 4.69) is 4.98 Å². The van der Waals surface area contributed by atoms with Crippen molar-refractivity contribution >= 4 is 22.8 Å². The van der Waals surface area contributed by atoms with Crippen molar-refractivity contribution in [3.8, 4) is 11.5 Å². The van der Waals surface area contributed by atoms with Crippen LogP contribution in [0.25, 0.3) is 10.9 Å². The van der Waals surface area contributed by atoms with Crippen LogP contribution in [0.4, 0.5) is 13.2 Å². The quantitative estimate of drug-likeness (QED) is 0.418. The number of aromatic amines is 1. The van der Waals surface area contributed by atoms with Gasteiger partial charge in [0.1, 0.15) is 11.4 Å². The van der Waals surface area contributed by atoms with Gasteiger partial charge in [-0.15, -0.1) is 0 Å². The summed E-state index contributed by atoms with van der Waals surface area (Å²) in [7, 11) is 5.14. The number of nitrogens with zero attached hydrogens (tertiary/aromatic N) is 2. The zero-order valence-corrected chi connectivity index (χ0v) is 17.2. The molecule has 0 fully saturated rings. The first-order chi connectivity index (χ1) is 14.5. The number of hydrogen-bond acceptors (Lipinski definition) is 4. The number of hydrogen-bond donors (Lipinski definition) is 3. The Morgan fingerprint density at radius 1 is 1.13 bits per heavy atom. The zero-order chi connectivity index (χ0) is 22.9. The molecule has 0 aliphatic rings. The average Bonchev–Trinajstić information content (AvgIpc) is 3.12. The summed E-state index contributed by atoms with van der Waals surface area (Å²) >= 11 is 0. The van der Waals surface area contributed by atoms with Gasteiger partial charge < -0.3 is 20.4 Å². The van der Waals surface area contributed by atoms with Crippen LogP contribution in [0.3, 0.4) is 0 Å². The summed E-state index contributed by atoms with van der Waals surface area (Å²) in [6.07, 6.45) is -4.63. The highest BCUT2D eigenvalue weighted by atomic mass is 19.4. The summed E-state index contributed by atoms with van der Waals surface area (Å²) in [4.78, 5) is 18.0. The van der Waals surface area contributed by atoms with Crippen LogP contribution in [0.1, 0.15) is 21.6 Å². The third kappa shape index (κ3) is 4.80. The molecule has 1 heterocycles. The van der Waals surface area contributed by atoms with Crippen molar-refractivity contribution in [3.63, 3.8) is 0 Å². The summed E-state index contributed by atoms with van der Waals surface area (Å²) < 4.78 is 46.4. The van der Waals surface area contributed by atoms with Crippen molar-refractivity contribution in [1.29, 1.82) is 5.41 Å². The van der Waals surface area contributed by atoms with Crippen molar-refractivity contribution in [1.82, 2.24) is 14.8 Å². The van der Waals surface area contributed by atoms with Crippen LogP contribution in [0.5, 0.6) is 11.5 Å². The Balaban J connectivity index is 2.03. The second-order valence-electron chi connectivity index (χ2n) is 7.31. The van der Waals surface area contributed by atoms with Gasteiger partial charge in [-0.3, -0.25) is 15.1 Å². The number of H-pyrrole nitrogens is 1. The van der Waals surface area contributed by atoms with Gasteiger partial charge in [0.2, 0.25) is 0 Å². The SMILES string of the molecule is CN(C)Cc1ccc(Oc2ccc(C(F)(F)F)c3cc(C(=O)N(C)C(=N)N)[nH]c23)cc1. The molecule has 0 saturated carbocycles. The fourth-order valence-electron chi connectivity index (χ4n) is 3.09. The minimum Gasteiger partial charge on any atom is -0.455 e. The number of rotatable bonds is 5. The first-order valence-electron chi connectivity index (χ1n) is 9.24. The number of benzene rings is 2. The summed E-state index contributed by atoms with van der Waals surface area (Å²) in [5, 5.41) is 7.15. The summed E-state index contributed by atoms with van der Waals surface area (Å²) in [6.45, 7) is 0.733. The van der Waals surface area contributed by atoms with Gasteiger partial charge in [-0.25, -0.2) is 0 Å². The fraction of sp³-hybridized carbons (Fsp3) is 0.238. The lowest BCUT2D eigenvalue weighted by Crippen LogP contribution is -2.38. The van der Waals surface area contributed by atoms with E-state index in [1.807, 2.05) is 31.1 Å². The number of nitrogens with two attached hydrogens (primary N) is 1. The number of carbonyl (C=O) groups excluding carboxylic acids is 1. The maximum Gasteiger partial charge on any atom is 0.417 e. The monoisotopic (exact) mass is 433 g/mol. The molecule has 0 aliphatic carbocycles. The van der Waals surface area contributed by atoms with Crippen LogP contribution < -0.4 is 10.5 Å². The highest BCUT2D eigenvalue weighted by Crippen LogP contribution is 2.40. The Hall–Kier alpha value is -3.53.